The molecule has 0 bridgehead atoms. The molecule has 0 saturated heterocycles. The summed E-state index contributed by atoms with van der Waals surface area (Å²) in [5, 5.41) is 22.6. The first kappa shape index (κ1) is 23.1. The Kier molecular flexibility index (Phi) is 6.42. The van der Waals surface area contributed by atoms with Crippen molar-refractivity contribution in [3.63, 3.8) is 0 Å². The van der Waals surface area contributed by atoms with E-state index in [1.54, 1.807) is 43.8 Å². The number of non-ortho nitro benzene ring substituents is 1. The van der Waals surface area contributed by atoms with Crippen LogP contribution in [0.3, 0.4) is 0 Å². The average Bonchev–Trinajstić information content (AvgIpc) is 3.24. The van der Waals surface area contributed by atoms with Gasteiger partial charge in [-0.3, -0.25) is 10.1 Å². The van der Waals surface area contributed by atoms with Gasteiger partial charge in [0.2, 0.25) is 0 Å². The Hall–Kier alpha value is -4.05. The molecule has 1 atom stereocenters. The molecule has 0 amide bonds. The zero-order valence-electron chi connectivity index (χ0n) is 18.8. The van der Waals surface area contributed by atoms with E-state index in [2.05, 4.69) is 10.6 Å². The Morgan fingerprint density at radius 3 is 2.62 bits per heavy atom. The summed E-state index contributed by atoms with van der Waals surface area (Å²) in [6.07, 6.45) is 1.48. The predicted molar refractivity (Wildman–Crippen MR) is 131 cm³/mol. The average molecular weight is 478 g/mol. The smallest absolute Gasteiger partial charge is 0.338 e. The Morgan fingerprint density at radius 2 is 1.94 bits per heavy atom. The van der Waals surface area contributed by atoms with Crippen LogP contribution < -0.4 is 10.6 Å². The summed E-state index contributed by atoms with van der Waals surface area (Å²) in [6, 6.07) is 15.0. The number of nitrogens with zero attached hydrogens (tertiary/aromatic N) is 3. The Labute approximate surface area is 201 Å². The number of allylic oxidation sites excluding steroid dienone is 1. The number of hydrogen-bond acceptors (Lipinski definition) is 6. The number of esters is 1. The highest BCUT2D eigenvalue weighted by molar-refractivity contribution is 7.80. The minimum Gasteiger partial charge on any atom is -0.459 e. The number of carbonyl (C=O) groups is 1. The Balaban J connectivity index is 1.92. The van der Waals surface area contributed by atoms with Gasteiger partial charge in [0.1, 0.15) is 0 Å². The molecule has 3 aromatic rings. The number of nitro benzene ring substituents is 1. The van der Waals surface area contributed by atoms with Crippen LogP contribution in [0.4, 0.5) is 5.69 Å². The topological polar surface area (TPSA) is 111 Å². The molecule has 10 heteroatoms. The number of rotatable bonds is 6. The molecule has 174 valence electrons. The number of ether oxygens (including phenoxy) is 1. The van der Waals surface area contributed by atoms with E-state index in [0.29, 0.717) is 33.2 Å². The molecular weight excluding hydrogens is 454 g/mol. The second kappa shape index (κ2) is 9.44. The standard InChI is InChI=1S/C24H23N5O4S/c1-14(2)33-23(30)20-15(3)25-24(34)26-22(20)19-13-28(17-9-5-4-6-10-17)27-21(19)16-8-7-11-18(12-16)29(31)32/h4-14,22H,1-3H3,(H2,25,26,34). The van der Waals surface area contributed by atoms with Crippen LogP contribution in [-0.4, -0.2) is 31.9 Å². The van der Waals surface area contributed by atoms with Gasteiger partial charge in [-0.05, 0) is 45.1 Å². The maximum absolute atomic E-state index is 13.1. The van der Waals surface area contributed by atoms with Crippen LogP contribution in [-0.2, 0) is 9.53 Å². The molecule has 0 radical (unpaired) electrons. The van der Waals surface area contributed by atoms with E-state index in [0.717, 1.165) is 5.69 Å². The Morgan fingerprint density at radius 1 is 1.21 bits per heavy atom. The first-order valence-electron chi connectivity index (χ1n) is 10.6. The number of para-hydroxylation sites is 1. The summed E-state index contributed by atoms with van der Waals surface area (Å²) in [5.74, 6) is -0.488. The second-order valence-electron chi connectivity index (χ2n) is 8.04. The van der Waals surface area contributed by atoms with Crippen molar-refractivity contribution >= 4 is 29.0 Å². The minimum atomic E-state index is -0.674. The van der Waals surface area contributed by atoms with E-state index in [1.807, 2.05) is 30.3 Å². The summed E-state index contributed by atoms with van der Waals surface area (Å²) < 4.78 is 7.18. The maximum Gasteiger partial charge on any atom is 0.338 e. The predicted octanol–water partition coefficient (Wildman–Crippen LogP) is 4.19. The fourth-order valence-electron chi connectivity index (χ4n) is 3.78. The molecule has 0 fully saturated rings. The van der Waals surface area contributed by atoms with Gasteiger partial charge in [0.25, 0.3) is 5.69 Å². The number of benzene rings is 2. The summed E-state index contributed by atoms with van der Waals surface area (Å²) in [4.78, 5) is 24.0. The third-order valence-electron chi connectivity index (χ3n) is 5.24. The summed E-state index contributed by atoms with van der Waals surface area (Å²) in [6.45, 7) is 5.31. The lowest BCUT2D eigenvalue weighted by atomic mass is 9.93. The lowest BCUT2D eigenvalue weighted by molar-refractivity contribution is -0.384. The molecule has 1 aliphatic heterocycles. The van der Waals surface area contributed by atoms with Gasteiger partial charge in [-0.1, -0.05) is 30.3 Å². The van der Waals surface area contributed by atoms with Crippen molar-refractivity contribution < 1.29 is 14.5 Å². The molecule has 34 heavy (non-hydrogen) atoms. The van der Waals surface area contributed by atoms with Crippen LogP contribution in [0.5, 0.6) is 0 Å². The summed E-state index contributed by atoms with van der Waals surface area (Å²) in [5.41, 5.74) is 3.32. The van der Waals surface area contributed by atoms with Gasteiger partial charge in [0.15, 0.2) is 5.11 Å². The molecule has 2 N–H and O–H groups in total. The van der Waals surface area contributed by atoms with Gasteiger partial charge >= 0.3 is 5.97 Å². The summed E-state index contributed by atoms with van der Waals surface area (Å²) >= 11 is 5.38. The monoisotopic (exact) mass is 477 g/mol. The van der Waals surface area contributed by atoms with E-state index >= 15 is 0 Å². The fourth-order valence-corrected chi connectivity index (χ4v) is 4.05. The van der Waals surface area contributed by atoms with Crippen molar-refractivity contribution in [3.8, 4) is 16.9 Å². The van der Waals surface area contributed by atoms with Gasteiger partial charge in [-0.25, -0.2) is 9.48 Å². The number of aromatic nitrogens is 2. The van der Waals surface area contributed by atoms with E-state index in [1.165, 1.54) is 12.1 Å². The molecule has 0 aliphatic carbocycles. The van der Waals surface area contributed by atoms with Gasteiger partial charge in [-0.2, -0.15) is 5.10 Å². The largest absolute Gasteiger partial charge is 0.459 e. The molecule has 1 aliphatic rings. The second-order valence-corrected chi connectivity index (χ2v) is 8.45. The van der Waals surface area contributed by atoms with Crippen LogP contribution in [0.1, 0.15) is 32.4 Å². The number of thiocarbonyl (C=S) groups is 1. The molecule has 4 rings (SSSR count). The fraction of sp³-hybridized carbons (Fsp3) is 0.208. The van der Waals surface area contributed by atoms with E-state index in [4.69, 9.17) is 22.1 Å². The third kappa shape index (κ3) is 4.67. The van der Waals surface area contributed by atoms with E-state index < -0.39 is 16.9 Å². The molecule has 1 unspecified atom stereocenters. The zero-order valence-corrected chi connectivity index (χ0v) is 19.6. The molecule has 9 nitrogen and oxygen atoms in total. The first-order valence-corrected chi connectivity index (χ1v) is 11.0. The quantitative estimate of drug-likeness (QED) is 0.235. The van der Waals surface area contributed by atoms with Crippen molar-refractivity contribution in [2.45, 2.75) is 32.9 Å². The minimum absolute atomic E-state index is 0.0577. The number of nitrogens with one attached hydrogen (secondary N) is 2. The van der Waals surface area contributed by atoms with Crippen LogP contribution in [0.2, 0.25) is 0 Å². The molecule has 0 saturated carbocycles. The molecule has 2 aromatic carbocycles. The lowest BCUT2D eigenvalue weighted by Crippen LogP contribution is -2.45. The highest BCUT2D eigenvalue weighted by Crippen LogP contribution is 2.36. The van der Waals surface area contributed by atoms with Gasteiger partial charge in [-0.15, -0.1) is 0 Å². The normalized spacial score (nSPS) is 15.6. The van der Waals surface area contributed by atoms with E-state index in [9.17, 15) is 14.9 Å². The van der Waals surface area contributed by atoms with Crippen LogP contribution in [0.15, 0.2) is 72.1 Å². The van der Waals surface area contributed by atoms with Crippen LogP contribution >= 0.6 is 12.2 Å². The lowest BCUT2D eigenvalue weighted by Gasteiger charge is -2.30. The van der Waals surface area contributed by atoms with Crippen molar-refractivity contribution in [2.24, 2.45) is 0 Å². The third-order valence-corrected chi connectivity index (χ3v) is 5.46. The van der Waals surface area contributed by atoms with Crippen molar-refractivity contribution in [2.75, 3.05) is 0 Å². The van der Waals surface area contributed by atoms with Crippen LogP contribution in [0, 0.1) is 10.1 Å². The highest BCUT2D eigenvalue weighted by atomic mass is 32.1. The van der Waals surface area contributed by atoms with Crippen molar-refractivity contribution in [1.29, 1.82) is 0 Å². The SMILES string of the molecule is CC1=C(C(=O)OC(C)C)C(c2cn(-c3ccccc3)nc2-c2cccc([N+](=O)[O-])c2)NC(=S)N1. The van der Waals surface area contributed by atoms with E-state index in [-0.39, 0.29) is 11.8 Å². The Bertz CT molecular complexity index is 1300. The van der Waals surface area contributed by atoms with Crippen molar-refractivity contribution in [1.82, 2.24) is 20.4 Å². The number of hydrogen-bond donors (Lipinski definition) is 2. The number of nitro groups is 1. The van der Waals surface area contributed by atoms with Crippen molar-refractivity contribution in [3.05, 3.63) is 87.7 Å². The van der Waals surface area contributed by atoms with Gasteiger partial charge in [0, 0.05) is 35.2 Å². The first-order chi connectivity index (χ1) is 16.2. The molecular formula is C24H23N5O4S. The van der Waals surface area contributed by atoms with Gasteiger partial charge in [0.05, 0.1) is 34.0 Å². The van der Waals surface area contributed by atoms with Gasteiger partial charge < -0.3 is 15.4 Å². The van der Waals surface area contributed by atoms with Crippen LogP contribution in [0.25, 0.3) is 16.9 Å². The highest BCUT2D eigenvalue weighted by Gasteiger charge is 2.34. The summed E-state index contributed by atoms with van der Waals surface area (Å²) in [7, 11) is 0. The maximum atomic E-state index is 13.1. The molecule has 0 spiro atoms. The molecule has 1 aromatic heterocycles. The zero-order chi connectivity index (χ0) is 24.4. The molecule has 2 heterocycles. The number of carbonyl (C=O) groups excluding carboxylic acids is 1.